The number of nitriles is 1. The fraction of sp³-hybridized carbons (Fsp3) is 0.889. The van der Waals surface area contributed by atoms with Gasteiger partial charge in [0, 0.05) is 12.1 Å². The molecule has 0 spiro atoms. The molecule has 5 nitrogen and oxygen atoms in total. The SMILES string of the molecule is CC(C)N(C(C)C)P(O)OOCC(Cl)C#N. The molecule has 0 saturated heterocycles. The predicted octanol–water partition coefficient (Wildman–Crippen LogP) is 2.40. The Labute approximate surface area is 103 Å². The molecule has 0 amide bonds. The number of halogens is 1. The molecule has 0 radical (unpaired) electrons. The summed E-state index contributed by atoms with van der Waals surface area (Å²) in [6.45, 7) is 7.74. The number of rotatable bonds is 7. The van der Waals surface area contributed by atoms with Crippen molar-refractivity contribution in [2.24, 2.45) is 0 Å². The van der Waals surface area contributed by atoms with E-state index in [0.29, 0.717) is 0 Å². The normalized spacial score (nSPS) is 15.5. The van der Waals surface area contributed by atoms with Crippen LogP contribution in [0.25, 0.3) is 0 Å². The van der Waals surface area contributed by atoms with E-state index in [4.69, 9.17) is 26.4 Å². The Kier molecular flexibility index (Phi) is 8.21. The zero-order chi connectivity index (χ0) is 12.7. The fourth-order valence-corrected chi connectivity index (χ4v) is 2.28. The van der Waals surface area contributed by atoms with Crippen molar-refractivity contribution in [3.05, 3.63) is 0 Å². The molecule has 0 rings (SSSR count). The van der Waals surface area contributed by atoms with Crippen molar-refractivity contribution in [3.8, 4) is 6.07 Å². The quantitative estimate of drug-likeness (QED) is 0.332. The molecule has 1 N–H and O–H groups in total. The van der Waals surface area contributed by atoms with E-state index >= 15 is 0 Å². The van der Waals surface area contributed by atoms with Gasteiger partial charge >= 0.3 is 0 Å². The smallest absolute Gasteiger partial charge is 0.289 e. The third-order valence-corrected chi connectivity index (χ3v) is 3.51. The molecule has 0 aliphatic carbocycles. The van der Waals surface area contributed by atoms with Gasteiger partial charge in [-0.05, 0) is 27.7 Å². The lowest BCUT2D eigenvalue weighted by Gasteiger charge is -2.31. The first-order valence-electron chi connectivity index (χ1n) is 5.00. The summed E-state index contributed by atoms with van der Waals surface area (Å²) in [5.74, 6) is 0. The van der Waals surface area contributed by atoms with Crippen molar-refractivity contribution >= 4 is 20.1 Å². The van der Waals surface area contributed by atoms with Crippen molar-refractivity contribution in [1.82, 2.24) is 4.67 Å². The van der Waals surface area contributed by atoms with Gasteiger partial charge in [0.05, 0.1) is 6.07 Å². The van der Waals surface area contributed by atoms with Gasteiger partial charge in [-0.1, -0.05) is 0 Å². The molecule has 0 aromatic carbocycles. The van der Waals surface area contributed by atoms with Gasteiger partial charge < -0.3 is 4.89 Å². The largest absolute Gasteiger partial charge is 0.336 e. The van der Waals surface area contributed by atoms with Crippen molar-refractivity contribution in [1.29, 1.82) is 5.26 Å². The molecule has 2 atom stereocenters. The predicted molar refractivity (Wildman–Crippen MR) is 63.5 cm³/mol. The maximum absolute atomic E-state index is 9.75. The van der Waals surface area contributed by atoms with Crippen LogP contribution in [0.1, 0.15) is 27.7 Å². The summed E-state index contributed by atoms with van der Waals surface area (Å²) in [5.41, 5.74) is 0. The van der Waals surface area contributed by atoms with Gasteiger partial charge in [-0.25, -0.2) is 9.56 Å². The van der Waals surface area contributed by atoms with Crippen molar-refractivity contribution < 1.29 is 14.5 Å². The second-order valence-electron chi connectivity index (χ2n) is 3.78. The number of hydrogen-bond acceptors (Lipinski definition) is 5. The minimum atomic E-state index is -1.82. The molecule has 16 heavy (non-hydrogen) atoms. The van der Waals surface area contributed by atoms with Crippen LogP contribution in [0.3, 0.4) is 0 Å². The summed E-state index contributed by atoms with van der Waals surface area (Å²) in [5, 5.41) is 7.63. The molecule has 0 fully saturated rings. The summed E-state index contributed by atoms with van der Waals surface area (Å²) in [6.07, 6.45) is 0. The van der Waals surface area contributed by atoms with Gasteiger partial charge in [0.1, 0.15) is 12.0 Å². The average molecular weight is 269 g/mol. The molecule has 0 aliphatic rings. The minimum Gasteiger partial charge on any atom is -0.336 e. The van der Waals surface area contributed by atoms with E-state index in [1.807, 2.05) is 27.7 Å². The lowest BCUT2D eigenvalue weighted by Crippen LogP contribution is -2.32. The average Bonchev–Trinajstić information content (AvgIpc) is 2.16. The van der Waals surface area contributed by atoms with Gasteiger partial charge in [-0.15, -0.1) is 11.6 Å². The van der Waals surface area contributed by atoms with Gasteiger partial charge in [-0.3, -0.25) is 0 Å². The van der Waals surface area contributed by atoms with Gasteiger partial charge in [0.25, 0.3) is 8.53 Å². The Morgan fingerprint density at radius 2 is 1.88 bits per heavy atom. The van der Waals surface area contributed by atoms with Crippen LogP contribution < -0.4 is 0 Å². The van der Waals surface area contributed by atoms with E-state index in [9.17, 15) is 4.89 Å². The Hall–Kier alpha value is 0.0500. The summed E-state index contributed by atoms with van der Waals surface area (Å²) in [7, 11) is -1.82. The third kappa shape index (κ3) is 5.95. The van der Waals surface area contributed by atoms with Crippen molar-refractivity contribution in [3.63, 3.8) is 0 Å². The first-order valence-corrected chi connectivity index (χ1v) is 6.60. The van der Waals surface area contributed by atoms with Crippen LogP contribution in [0.2, 0.25) is 0 Å². The number of nitrogens with zero attached hydrogens (tertiary/aromatic N) is 2. The van der Waals surface area contributed by atoms with Crippen LogP contribution in [-0.4, -0.2) is 33.6 Å². The number of hydrogen-bond donors (Lipinski definition) is 1. The van der Waals surface area contributed by atoms with Crippen molar-refractivity contribution in [2.75, 3.05) is 6.61 Å². The topological polar surface area (TPSA) is 65.7 Å². The first kappa shape index (κ1) is 16.1. The summed E-state index contributed by atoms with van der Waals surface area (Å²) >= 11 is 5.50. The van der Waals surface area contributed by atoms with Crippen LogP contribution in [0.4, 0.5) is 0 Å². The maximum atomic E-state index is 9.75. The van der Waals surface area contributed by atoms with E-state index in [0.717, 1.165) is 0 Å². The van der Waals surface area contributed by atoms with Gasteiger partial charge in [-0.2, -0.15) is 9.94 Å². The molecular weight excluding hydrogens is 251 g/mol. The zero-order valence-corrected chi connectivity index (χ0v) is 11.6. The number of alkyl halides is 1. The lowest BCUT2D eigenvalue weighted by atomic mass is 10.3. The highest BCUT2D eigenvalue weighted by molar-refractivity contribution is 7.43. The molecular formula is C9H18ClN2O3P. The van der Waals surface area contributed by atoms with E-state index in [1.54, 1.807) is 10.7 Å². The van der Waals surface area contributed by atoms with Crippen LogP contribution in [-0.2, 0) is 9.56 Å². The maximum Gasteiger partial charge on any atom is 0.289 e. The van der Waals surface area contributed by atoms with Crippen LogP contribution in [0.5, 0.6) is 0 Å². The molecule has 94 valence electrons. The van der Waals surface area contributed by atoms with E-state index in [1.165, 1.54) is 0 Å². The van der Waals surface area contributed by atoms with Gasteiger partial charge in [0.15, 0.2) is 0 Å². The summed E-state index contributed by atoms with van der Waals surface area (Å²) in [6, 6.07) is 2.07. The second-order valence-corrected chi connectivity index (χ2v) is 5.42. The van der Waals surface area contributed by atoms with E-state index in [2.05, 4.69) is 0 Å². The van der Waals surface area contributed by atoms with E-state index in [-0.39, 0.29) is 18.7 Å². The Morgan fingerprint density at radius 1 is 1.38 bits per heavy atom. The Balaban J connectivity index is 4.03. The molecule has 0 aliphatic heterocycles. The highest BCUT2D eigenvalue weighted by Crippen LogP contribution is 2.40. The molecule has 0 aromatic rings. The molecule has 0 aromatic heterocycles. The van der Waals surface area contributed by atoms with Crippen LogP contribution >= 0.6 is 20.1 Å². The molecule has 0 saturated carbocycles. The zero-order valence-electron chi connectivity index (χ0n) is 9.92. The molecule has 7 heteroatoms. The lowest BCUT2D eigenvalue weighted by molar-refractivity contribution is -0.209. The highest BCUT2D eigenvalue weighted by Gasteiger charge is 2.25. The molecule has 2 unspecified atom stereocenters. The second kappa shape index (κ2) is 8.19. The fourth-order valence-electron chi connectivity index (χ4n) is 1.20. The summed E-state index contributed by atoms with van der Waals surface area (Å²) < 4.78 is 6.59. The first-order chi connectivity index (χ1) is 7.40. The highest BCUT2D eigenvalue weighted by atomic mass is 35.5. The monoisotopic (exact) mass is 268 g/mol. The van der Waals surface area contributed by atoms with Gasteiger partial charge in [0.2, 0.25) is 0 Å². The van der Waals surface area contributed by atoms with Crippen LogP contribution in [0, 0.1) is 11.3 Å². The summed E-state index contributed by atoms with van der Waals surface area (Å²) in [4.78, 5) is 14.5. The standard InChI is InChI=1S/C9H18ClN2O3P/c1-7(2)12(8(3)4)16(13)15-14-6-9(10)5-11/h7-9,13H,6H2,1-4H3. The van der Waals surface area contributed by atoms with E-state index < -0.39 is 13.9 Å². The van der Waals surface area contributed by atoms with Crippen molar-refractivity contribution in [2.45, 2.75) is 45.2 Å². The Morgan fingerprint density at radius 3 is 2.25 bits per heavy atom. The van der Waals surface area contributed by atoms with Crippen LogP contribution in [0.15, 0.2) is 0 Å². The third-order valence-electron chi connectivity index (χ3n) is 1.73. The Bertz CT molecular complexity index is 227. The molecule has 0 bridgehead atoms. The minimum absolute atomic E-state index is 0.0680. The molecule has 0 heterocycles.